The molecule has 7 heteroatoms. The Balaban J connectivity index is 1.57. The van der Waals surface area contributed by atoms with E-state index in [2.05, 4.69) is 5.32 Å². The Morgan fingerprint density at radius 1 is 1.16 bits per heavy atom. The fourth-order valence-corrected chi connectivity index (χ4v) is 3.81. The highest BCUT2D eigenvalue weighted by molar-refractivity contribution is 5.86. The maximum absolute atomic E-state index is 12.5. The number of methoxy groups -OCH3 is 2. The summed E-state index contributed by atoms with van der Waals surface area (Å²) >= 11 is 0. The zero-order valence-electron chi connectivity index (χ0n) is 14.4. The van der Waals surface area contributed by atoms with Gasteiger partial charge in [-0.25, -0.2) is 0 Å². The van der Waals surface area contributed by atoms with E-state index in [1.807, 2.05) is 18.2 Å². The van der Waals surface area contributed by atoms with Crippen molar-refractivity contribution in [3.63, 3.8) is 0 Å². The Morgan fingerprint density at radius 3 is 2.48 bits per heavy atom. The van der Waals surface area contributed by atoms with Crippen molar-refractivity contribution in [2.24, 2.45) is 11.8 Å². The van der Waals surface area contributed by atoms with E-state index < -0.39 is 17.8 Å². The van der Waals surface area contributed by atoms with Crippen LogP contribution >= 0.6 is 0 Å². The Kier molecular flexibility index (Phi) is 5.13. The molecule has 1 aromatic carbocycles. The molecule has 2 aliphatic heterocycles. The maximum Gasteiger partial charge on any atom is 0.310 e. The van der Waals surface area contributed by atoms with E-state index in [1.54, 1.807) is 14.2 Å². The highest BCUT2D eigenvalue weighted by atomic mass is 16.5. The lowest BCUT2D eigenvalue weighted by Gasteiger charge is -2.23. The monoisotopic (exact) mass is 349 g/mol. The van der Waals surface area contributed by atoms with E-state index in [-0.39, 0.29) is 18.1 Å². The first-order chi connectivity index (χ1) is 12.0. The molecule has 0 radical (unpaired) electrons. The van der Waals surface area contributed by atoms with Crippen molar-refractivity contribution < 1.29 is 28.9 Å². The van der Waals surface area contributed by atoms with Gasteiger partial charge in [0.05, 0.1) is 38.3 Å². The Bertz CT molecular complexity index is 661. The minimum absolute atomic E-state index is 0.236. The topological polar surface area (TPSA) is 94.1 Å². The van der Waals surface area contributed by atoms with Crippen molar-refractivity contribution in [1.29, 1.82) is 0 Å². The van der Waals surface area contributed by atoms with E-state index in [0.717, 1.165) is 18.4 Å². The number of ether oxygens (including phenoxy) is 3. The van der Waals surface area contributed by atoms with Gasteiger partial charge in [0.15, 0.2) is 11.5 Å². The number of benzene rings is 1. The third-order valence-corrected chi connectivity index (χ3v) is 5.02. The van der Waals surface area contributed by atoms with Crippen molar-refractivity contribution in [2.75, 3.05) is 20.8 Å². The van der Waals surface area contributed by atoms with Gasteiger partial charge in [-0.1, -0.05) is 6.07 Å². The van der Waals surface area contributed by atoms with Crippen LogP contribution < -0.4 is 14.8 Å². The Hall–Kier alpha value is -2.28. The highest BCUT2D eigenvalue weighted by Crippen LogP contribution is 2.43. The molecule has 0 aliphatic carbocycles. The quantitative estimate of drug-likeness (QED) is 0.769. The molecule has 136 valence electrons. The standard InChI is InChI=1S/C18H23NO6/c1-23-11-4-3-10(9-14(11)24-2)7-8-19-17(20)15-12-5-6-13(25-12)16(15)18(21)22/h3-4,9,12-13,15-16H,5-8H2,1-2H3,(H,19,20)(H,21,22)/t12-,13-,15-,16-/m1/s1. The first kappa shape index (κ1) is 17.5. The van der Waals surface area contributed by atoms with Gasteiger partial charge in [0.1, 0.15) is 0 Å². The van der Waals surface area contributed by atoms with Gasteiger partial charge < -0.3 is 24.6 Å². The molecule has 2 fully saturated rings. The predicted octanol–water partition coefficient (Wildman–Crippen LogP) is 1.24. The van der Waals surface area contributed by atoms with E-state index in [0.29, 0.717) is 24.5 Å². The second-order valence-corrected chi connectivity index (χ2v) is 6.41. The number of hydrogen-bond acceptors (Lipinski definition) is 5. The van der Waals surface area contributed by atoms with Crippen LogP contribution in [0.1, 0.15) is 18.4 Å². The normalized spacial score (nSPS) is 27.1. The smallest absolute Gasteiger partial charge is 0.310 e. The summed E-state index contributed by atoms with van der Waals surface area (Å²) in [6.45, 7) is 0.425. The minimum Gasteiger partial charge on any atom is -0.493 e. The van der Waals surface area contributed by atoms with Gasteiger partial charge in [0.2, 0.25) is 5.91 Å². The van der Waals surface area contributed by atoms with E-state index in [9.17, 15) is 14.7 Å². The molecule has 7 nitrogen and oxygen atoms in total. The number of carbonyl (C=O) groups is 2. The van der Waals surface area contributed by atoms with Crippen molar-refractivity contribution in [3.8, 4) is 11.5 Å². The Morgan fingerprint density at radius 2 is 1.84 bits per heavy atom. The fourth-order valence-electron chi connectivity index (χ4n) is 3.81. The molecular weight excluding hydrogens is 326 g/mol. The second kappa shape index (κ2) is 7.31. The molecule has 2 bridgehead atoms. The van der Waals surface area contributed by atoms with Gasteiger partial charge >= 0.3 is 5.97 Å². The first-order valence-electron chi connectivity index (χ1n) is 8.42. The van der Waals surface area contributed by atoms with Crippen LogP contribution in [-0.4, -0.2) is 50.0 Å². The number of carbonyl (C=O) groups excluding carboxylic acids is 1. The van der Waals surface area contributed by atoms with Crippen molar-refractivity contribution >= 4 is 11.9 Å². The molecular formula is C18H23NO6. The number of carboxylic acid groups (broad SMARTS) is 1. The van der Waals surface area contributed by atoms with E-state index >= 15 is 0 Å². The van der Waals surface area contributed by atoms with Crippen LogP contribution in [0.15, 0.2) is 18.2 Å². The lowest BCUT2D eigenvalue weighted by Crippen LogP contribution is -2.44. The number of nitrogens with one attached hydrogen (secondary N) is 1. The molecule has 2 saturated heterocycles. The van der Waals surface area contributed by atoms with Gasteiger partial charge in [0, 0.05) is 6.54 Å². The van der Waals surface area contributed by atoms with Gasteiger partial charge in [-0.2, -0.15) is 0 Å². The van der Waals surface area contributed by atoms with Crippen molar-refractivity contribution in [1.82, 2.24) is 5.32 Å². The van der Waals surface area contributed by atoms with Crippen LogP contribution in [0, 0.1) is 11.8 Å². The van der Waals surface area contributed by atoms with Crippen LogP contribution in [0.3, 0.4) is 0 Å². The molecule has 25 heavy (non-hydrogen) atoms. The zero-order valence-corrected chi connectivity index (χ0v) is 14.4. The van der Waals surface area contributed by atoms with Gasteiger partial charge in [-0.3, -0.25) is 9.59 Å². The molecule has 3 rings (SSSR count). The third kappa shape index (κ3) is 3.42. The fraction of sp³-hybridized carbons (Fsp3) is 0.556. The summed E-state index contributed by atoms with van der Waals surface area (Å²) in [5.74, 6) is -1.23. The molecule has 0 saturated carbocycles. The van der Waals surface area contributed by atoms with Gasteiger partial charge in [-0.05, 0) is 37.0 Å². The van der Waals surface area contributed by atoms with Gasteiger partial charge in [-0.15, -0.1) is 0 Å². The van der Waals surface area contributed by atoms with Crippen molar-refractivity contribution in [3.05, 3.63) is 23.8 Å². The lowest BCUT2D eigenvalue weighted by atomic mass is 9.78. The predicted molar refractivity (Wildman–Crippen MR) is 88.8 cm³/mol. The van der Waals surface area contributed by atoms with Gasteiger partial charge in [0.25, 0.3) is 0 Å². The van der Waals surface area contributed by atoms with E-state index in [1.165, 1.54) is 0 Å². The zero-order chi connectivity index (χ0) is 18.0. The van der Waals surface area contributed by atoms with Crippen LogP contribution in [-0.2, 0) is 20.7 Å². The molecule has 4 atom stereocenters. The molecule has 2 N–H and O–H groups in total. The lowest BCUT2D eigenvalue weighted by molar-refractivity contribution is -0.147. The first-order valence-corrected chi connectivity index (χ1v) is 8.42. The maximum atomic E-state index is 12.5. The van der Waals surface area contributed by atoms with Crippen LogP contribution in [0.25, 0.3) is 0 Å². The number of fused-ring (bicyclic) bond motifs is 2. The summed E-state index contributed by atoms with van der Waals surface area (Å²) in [6.07, 6.45) is 1.49. The summed E-state index contributed by atoms with van der Waals surface area (Å²) in [5.41, 5.74) is 0.997. The SMILES string of the molecule is COc1ccc(CCNC(=O)[C@H]2[C@H](C(=O)O)[C@H]3CC[C@H]2O3)cc1OC. The summed E-state index contributed by atoms with van der Waals surface area (Å²) in [7, 11) is 3.15. The van der Waals surface area contributed by atoms with Crippen LogP contribution in [0.4, 0.5) is 0 Å². The summed E-state index contributed by atoms with van der Waals surface area (Å²) in [6, 6.07) is 5.60. The largest absolute Gasteiger partial charge is 0.493 e. The molecule has 2 heterocycles. The molecule has 0 unspecified atom stereocenters. The summed E-state index contributed by atoms with van der Waals surface area (Å²) in [4.78, 5) is 23.9. The minimum atomic E-state index is -0.952. The molecule has 1 amide bonds. The number of amides is 1. The molecule has 2 aliphatic rings. The van der Waals surface area contributed by atoms with Crippen molar-refractivity contribution in [2.45, 2.75) is 31.5 Å². The third-order valence-electron chi connectivity index (χ3n) is 5.02. The van der Waals surface area contributed by atoms with E-state index in [4.69, 9.17) is 14.2 Å². The Labute approximate surface area is 146 Å². The molecule has 0 spiro atoms. The number of aliphatic carboxylic acids is 1. The number of rotatable bonds is 7. The highest BCUT2D eigenvalue weighted by Gasteiger charge is 2.55. The second-order valence-electron chi connectivity index (χ2n) is 6.41. The van der Waals surface area contributed by atoms with Crippen LogP contribution in [0.5, 0.6) is 11.5 Å². The average molecular weight is 349 g/mol. The summed E-state index contributed by atoms with van der Waals surface area (Å²) < 4.78 is 16.1. The molecule has 0 aromatic heterocycles. The average Bonchev–Trinajstić information content (AvgIpc) is 3.22. The molecule has 1 aromatic rings. The number of carboxylic acids is 1. The number of hydrogen-bond donors (Lipinski definition) is 2. The summed E-state index contributed by atoms with van der Waals surface area (Å²) in [5, 5.41) is 12.2. The van der Waals surface area contributed by atoms with Crippen LogP contribution in [0.2, 0.25) is 0 Å².